The Kier molecular flexibility index (Phi) is 5.67. The van der Waals surface area contributed by atoms with E-state index in [4.69, 9.17) is 4.74 Å². The van der Waals surface area contributed by atoms with Crippen LogP contribution in [0.2, 0.25) is 0 Å². The molecule has 9 heteroatoms. The summed E-state index contributed by atoms with van der Waals surface area (Å²) >= 11 is 0. The van der Waals surface area contributed by atoms with Gasteiger partial charge in [0.15, 0.2) is 12.4 Å². The van der Waals surface area contributed by atoms with Crippen LogP contribution >= 0.6 is 0 Å². The molecule has 3 N–H and O–H groups in total. The molecule has 140 valence electrons. The molecule has 1 aromatic heterocycles. The summed E-state index contributed by atoms with van der Waals surface area (Å²) in [5.41, 5.74) is -1.39. The molecule has 2 aliphatic rings. The molecule has 0 radical (unpaired) electrons. The van der Waals surface area contributed by atoms with E-state index in [9.17, 15) is 24.3 Å². The van der Waals surface area contributed by atoms with Crippen molar-refractivity contribution in [1.29, 1.82) is 0 Å². The average molecular weight is 357 g/mol. The summed E-state index contributed by atoms with van der Waals surface area (Å²) in [5, 5.41) is 20.8. The number of hydroxylamine groups is 2. The molecule has 1 aliphatic heterocycles. The zero-order valence-electron chi connectivity index (χ0n) is 13.9. The number of aromatic amines is 1. The third-order valence-corrected chi connectivity index (χ3v) is 5.11. The number of aliphatic hydroxyl groups is 1. The van der Waals surface area contributed by atoms with Crippen LogP contribution in [0.3, 0.4) is 0 Å². The number of halogens is 1. The number of H-pyrrole nitrogens is 1. The van der Waals surface area contributed by atoms with Crippen LogP contribution in [-0.4, -0.2) is 56.4 Å². The van der Waals surface area contributed by atoms with Gasteiger partial charge in [-0.15, -0.1) is 0 Å². The third kappa shape index (κ3) is 3.84. The molecule has 1 saturated carbocycles. The molecule has 0 amide bonds. The minimum absolute atomic E-state index is 0.278. The number of nitrogens with zero attached hydrogens (tertiary/aromatic N) is 2. The standard InChI is InChI=1S/C16H24FN3O5/c17-13-14(20(24)8-10-4-2-1-3-5-10)11(9-21)25-15(13)19-7-6-12(22)18-16(19)23/h6-7,10-11,13-15,21,24H,1-5,8-9H2,(H,18,22,23)/t11-,13-,14-,15-/m1/s1. The molecule has 2 fully saturated rings. The van der Waals surface area contributed by atoms with Crippen molar-refractivity contribution in [3.8, 4) is 0 Å². The van der Waals surface area contributed by atoms with Gasteiger partial charge in [-0.2, -0.15) is 5.06 Å². The Bertz CT molecular complexity index is 687. The van der Waals surface area contributed by atoms with Crippen molar-refractivity contribution in [3.63, 3.8) is 0 Å². The van der Waals surface area contributed by atoms with Crippen molar-refractivity contribution < 1.29 is 19.4 Å². The topological polar surface area (TPSA) is 108 Å². The fourth-order valence-electron chi connectivity index (χ4n) is 3.82. The van der Waals surface area contributed by atoms with Crippen molar-refractivity contribution in [2.24, 2.45) is 5.92 Å². The number of nitrogens with one attached hydrogen (secondary N) is 1. The molecular weight excluding hydrogens is 333 g/mol. The van der Waals surface area contributed by atoms with Gasteiger partial charge in [-0.3, -0.25) is 14.3 Å². The second-order valence-corrected chi connectivity index (χ2v) is 6.83. The van der Waals surface area contributed by atoms with Crippen LogP contribution < -0.4 is 11.2 Å². The summed E-state index contributed by atoms with van der Waals surface area (Å²) in [4.78, 5) is 25.1. The van der Waals surface area contributed by atoms with Crippen LogP contribution in [0.4, 0.5) is 4.39 Å². The third-order valence-electron chi connectivity index (χ3n) is 5.11. The van der Waals surface area contributed by atoms with Crippen LogP contribution in [0.25, 0.3) is 0 Å². The van der Waals surface area contributed by atoms with Crippen molar-refractivity contribution in [1.82, 2.24) is 14.6 Å². The fraction of sp³-hybridized carbons (Fsp3) is 0.750. The van der Waals surface area contributed by atoms with Crippen molar-refractivity contribution >= 4 is 0 Å². The maximum Gasteiger partial charge on any atom is 0.330 e. The quantitative estimate of drug-likeness (QED) is 0.659. The highest BCUT2D eigenvalue weighted by molar-refractivity contribution is 4.96. The number of alkyl halides is 1. The first kappa shape index (κ1) is 18.2. The minimum Gasteiger partial charge on any atom is -0.394 e. The summed E-state index contributed by atoms with van der Waals surface area (Å²) in [6.45, 7) is -0.181. The molecule has 1 aromatic rings. The second kappa shape index (κ2) is 7.77. The number of hydrogen-bond acceptors (Lipinski definition) is 6. The fourth-order valence-corrected chi connectivity index (χ4v) is 3.82. The molecule has 4 atom stereocenters. The molecule has 0 aromatic carbocycles. The Morgan fingerprint density at radius 1 is 1.32 bits per heavy atom. The Hall–Kier alpha value is -1.55. The molecule has 0 spiro atoms. The first-order valence-electron chi connectivity index (χ1n) is 8.68. The molecular formula is C16H24FN3O5. The summed E-state index contributed by atoms with van der Waals surface area (Å²) in [7, 11) is 0. The number of hydrogen-bond donors (Lipinski definition) is 3. The monoisotopic (exact) mass is 357 g/mol. The van der Waals surface area contributed by atoms with E-state index in [1.54, 1.807) is 0 Å². The summed E-state index contributed by atoms with van der Waals surface area (Å²) < 4.78 is 21.4. The second-order valence-electron chi connectivity index (χ2n) is 6.83. The highest BCUT2D eigenvalue weighted by atomic mass is 19.1. The Labute approximate surface area is 143 Å². The molecule has 1 aliphatic carbocycles. The molecule has 2 heterocycles. The van der Waals surface area contributed by atoms with Crippen LogP contribution in [-0.2, 0) is 4.74 Å². The summed E-state index contributed by atoms with van der Waals surface area (Å²) in [6, 6.07) is 0.0214. The number of ether oxygens (including phenoxy) is 1. The van der Waals surface area contributed by atoms with Gasteiger partial charge in [0, 0.05) is 18.8 Å². The zero-order valence-corrected chi connectivity index (χ0v) is 13.9. The zero-order chi connectivity index (χ0) is 18.0. The maximum absolute atomic E-state index is 15.0. The van der Waals surface area contributed by atoms with Crippen LogP contribution in [0.15, 0.2) is 21.9 Å². The van der Waals surface area contributed by atoms with Crippen LogP contribution in [0, 0.1) is 5.92 Å². The molecule has 8 nitrogen and oxygen atoms in total. The van der Waals surface area contributed by atoms with Crippen LogP contribution in [0.1, 0.15) is 38.3 Å². The Balaban J connectivity index is 1.76. The van der Waals surface area contributed by atoms with Gasteiger partial charge in [-0.25, -0.2) is 9.18 Å². The number of rotatable bonds is 5. The number of aromatic nitrogens is 2. The first-order chi connectivity index (χ1) is 12.0. The van der Waals surface area contributed by atoms with E-state index in [0.717, 1.165) is 47.6 Å². The van der Waals surface area contributed by atoms with Gasteiger partial charge in [0.1, 0.15) is 6.10 Å². The van der Waals surface area contributed by atoms with Crippen molar-refractivity contribution in [2.75, 3.05) is 13.2 Å². The molecule has 0 unspecified atom stereocenters. The predicted molar refractivity (Wildman–Crippen MR) is 86.1 cm³/mol. The highest BCUT2D eigenvalue weighted by Gasteiger charge is 2.49. The minimum atomic E-state index is -1.73. The SMILES string of the molecule is O=c1ccn([C@@H]2O[C@H](CO)[C@@H](N(O)CC3CCCCC3)[C@H]2F)c(=O)[nH]1. The maximum atomic E-state index is 15.0. The number of aliphatic hydroxyl groups excluding tert-OH is 1. The van der Waals surface area contributed by atoms with Gasteiger partial charge < -0.3 is 15.1 Å². The predicted octanol–water partition coefficient (Wildman–Crippen LogP) is 0.404. The average Bonchev–Trinajstić information content (AvgIpc) is 2.92. The van der Waals surface area contributed by atoms with Gasteiger partial charge >= 0.3 is 5.69 Å². The van der Waals surface area contributed by atoms with Crippen molar-refractivity contribution in [3.05, 3.63) is 33.1 Å². The van der Waals surface area contributed by atoms with E-state index < -0.39 is 42.4 Å². The van der Waals surface area contributed by atoms with Crippen LogP contribution in [0.5, 0.6) is 0 Å². The van der Waals surface area contributed by atoms with E-state index >= 15 is 0 Å². The van der Waals surface area contributed by atoms with Gasteiger partial charge in [0.05, 0.1) is 12.6 Å². The molecule has 1 saturated heterocycles. The summed E-state index contributed by atoms with van der Waals surface area (Å²) in [5.74, 6) is 0.278. The Morgan fingerprint density at radius 3 is 2.68 bits per heavy atom. The van der Waals surface area contributed by atoms with Crippen molar-refractivity contribution in [2.45, 2.75) is 56.6 Å². The smallest absolute Gasteiger partial charge is 0.330 e. The first-order valence-corrected chi connectivity index (χ1v) is 8.68. The lowest BCUT2D eigenvalue weighted by Crippen LogP contribution is -2.47. The Morgan fingerprint density at radius 2 is 2.04 bits per heavy atom. The molecule has 0 bridgehead atoms. The van der Waals surface area contributed by atoms with Gasteiger partial charge in [0.25, 0.3) is 5.56 Å². The lowest BCUT2D eigenvalue weighted by Gasteiger charge is -2.31. The molecule has 25 heavy (non-hydrogen) atoms. The summed E-state index contributed by atoms with van der Waals surface area (Å²) in [6.07, 6.45) is 2.47. The lowest BCUT2D eigenvalue weighted by molar-refractivity contribution is -0.164. The van der Waals surface area contributed by atoms with E-state index in [1.165, 1.54) is 6.42 Å². The lowest BCUT2D eigenvalue weighted by atomic mass is 9.89. The van der Waals surface area contributed by atoms with Gasteiger partial charge in [-0.1, -0.05) is 19.3 Å². The van der Waals surface area contributed by atoms with E-state index in [-0.39, 0.29) is 5.92 Å². The van der Waals surface area contributed by atoms with Gasteiger partial charge in [-0.05, 0) is 18.8 Å². The largest absolute Gasteiger partial charge is 0.394 e. The normalized spacial score (nSPS) is 30.9. The molecule has 3 rings (SSSR count). The highest BCUT2D eigenvalue weighted by Crippen LogP contribution is 2.34. The van der Waals surface area contributed by atoms with E-state index in [1.807, 2.05) is 4.98 Å². The van der Waals surface area contributed by atoms with Gasteiger partial charge in [0.2, 0.25) is 0 Å². The van der Waals surface area contributed by atoms with E-state index in [0.29, 0.717) is 6.54 Å². The van der Waals surface area contributed by atoms with E-state index in [2.05, 4.69) is 0 Å².